The van der Waals surface area contributed by atoms with Gasteiger partial charge in [-0.3, -0.25) is 0 Å². The highest BCUT2D eigenvalue weighted by Gasteiger charge is 2.36. The van der Waals surface area contributed by atoms with Crippen LogP contribution in [-0.2, 0) is 0 Å². The largest absolute Gasteiger partial charge is 0.302 e. The lowest BCUT2D eigenvalue weighted by Gasteiger charge is -2.08. The van der Waals surface area contributed by atoms with E-state index in [4.69, 9.17) is 0 Å². The molecule has 0 bridgehead atoms. The predicted octanol–water partition coefficient (Wildman–Crippen LogP) is 3.80. The SMILES string of the molecule is Brc1cccnc1Sc1nnc(C2CC2)n1C1CC1. The van der Waals surface area contributed by atoms with Gasteiger partial charge in [0.2, 0.25) is 0 Å². The van der Waals surface area contributed by atoms with Crippen LogP contribution in [0.4, 0.5) is 0 Å². The van der Waals surface area contributed by atoms with Crippen LogP contribution in [0.25, 0.3) is 0 Å². The first kappa shape index (κ1) is 11.9. The first-order valence-electron chi connectivity index (χ1n) is 6.56. The highest BCUT2D eigenvalue weighted by atomic mass is 79.9. The van der Waals surface area contributed by atoms with Crippen molar-refractivity contribution >= 4 is 27.7 Å². The summed E-state index contributed by atoms with van der Waals surface area (Å²) in [4.78, 5) is 4.40. The Hall–Kier alpha value is -0.880. The minimum atomic E-state index is 0.621. The molecule has 4 nitrogen and oxygen atoms in total. The van der Waals surface area contributed by atoms with Gasteiger partial charge in [-0.15, -0.1) is 10.2 Å². The van der Waals surface area contributed by atoms with Crippen molar-refractivity contribution in [3.8, 4) is 0 Å². The standard InChI is InChI=1S/C13H13BrN4S/c14-10-2-1-7-15-12(10)19-13-17-16-11(8-3-4-8)18(13)9-5-6-9/h1-2,7-9H,3-6H2. The molecule has 0 aromatic carbocycles. The molecule has 0 spiro atoms. The van der Waals surface area contributed by atoms with Gasteiger partial charge in [0.1, 0.15) is 10.9 Å². The molecule has 6 heteroatoms. The Balaban J connectivity index is 1.69. The zero-order valence-corrected chi connectivity index (χ0v) is 12.7. The molecule has 0 unspecified atom stereocenters. The molecule has 2 fully saturated rings. The molecule has 0 N–H and O–H groups in total. The lowest BCUT2D eigenvalue weighted by molar-refractivity contribution is 0.626. The average molecular weight is 337 g/mol. The van der Waals surface area contributed by atoms with E-state index in [1.54, 1.807) is 11.8 Å². The zero-order chi connectivity index (χ0) is 12.8. The molecule has 0 atom stereocenters. The van der Waals surface area contributed by atoms with Crippen LogP contribution in [-0.4, -0.2) is 19.7 Å². The number of hydrogen-bond donors (Lipinski definition) is 0. The molecule has 2 aromatic heterocycles. The highest BCUT2D eigenvalue weighted by molar-refractivity contribution is 9.10. The van der Waals surface area contributed by atoms with Crippen molar-refractivity contribution in [3.05, 3.63) is 28.6 Å². The summed E-state index contributed by atoms with van der Waals surface area (Å²) in [6, 6.07) is 4.56. The van der Waals surface area contributed by atoms with Gasteiger partial charge < -0.3 is 4.57 Å². The first-order valence-corrected chi connectivity index (χ1v) is 8.17. The van der Waals surface area contributed by atoms with Crippen molar-refractivity contribution in [2.75, 3.05) is 0 Å². The van der Waals surface area contributed by atoms with E-state index in [1.165, 1.54) is 31.5 Å². The van der Waals surface area contributed by atoms with Crippen LogP contribution in [0.2, 0.25) is 0 Å². The number of aromatic nitrogens is 4. The van der Waals surface area contributed by atoms with Crippen molar-refractivity contribution in [1.29, 1.82) is 0 Å². The van der Waals surface area contributed by atoms with E-state index in [2.05, 4.69) is 35.7 Å². The van der Waals surface area contributed by atoms with Crippen molar-refractivity contribution in [2.45, 2.75) is 47.8 Å². The minimum absolute atomic E-state index is 0.621. The number of hydrogen-bond acceptors (Lipinski definition) is 4. The maximum atomic E-state index is 4.41. The van der Waals surface area contributed by atoms with Crippen LogP contribution >= 0.6 is 27.7 Å². The van der Waals surface area contributed by atoms with Gasteiger partial charge >= 0.3 is 0 Å². The molecule has 2 heterocycles. The molecule has 0 saturated heterocycles. The fourth-order valence-corrected chi connectivity index (χ4v) is 3.56. The van der Waals surface area contributed by atoms with E-state index in [0.717, 1.165) is 14.7 Å². The monoisotopic (exact) mass is 336 g/mol. The number of nitrogens with zero attached hydrogens (tertiary/aromatic N) is 4. The zero-order valence-electron chi connectivity index (χ0n) is 10.3. The fourth-order valence-electron chi connectivity index (χ4n) is 2.19. The summed E-state index contributed by atoms with van der Waals surface area (Å²) in [6.45, 7) is 0. The molecule has 19 heavy (non-hydrogen) atoms. The summed E-state index contributed by atoms with van der Waals surface area (Å²) < 4.78 is 3.36. The van der Waals surface area contributed by atoms with E-state index in [9.17, 15) is 0 Å². The summed E-state index contributed by atoms with van der Waals surface area (Å²) in [5.41, 5.74) is 0. The molecule has 2 saturated carbocycles. The second kappa shape index (κ2) is 4.59. The van der Waals surface area contributed by atoms with Crippen LogP contribution in [0.1, 0.15) is 43.5 Å². The molecule has 98 valence electrons. The summed E-state index contributed by atoms with van der Waals surface area (Å²) in [5.74, 6) is 1.84. The van der Waals surface area contributed by atoms with Crippen LogP contribution in [0, 0.1) is 0 Å². The maximum Gasteiger partial charge on any atom is 0.197 e. The second-order valence-corrected chi connectivity index (χ2v) is 6.92. The first-order chi connectivity index (χ1) is 9.33. The van der Waals surface area contributed by atoms with Gasteiger partial charge in [0, 0.05) is 18.2 Å². The van der Waals surface area contributed by atoms with Gasteiger partial charge in [-0.1, -0.05) is 0 Å². The predicted molar refractivity (Wildman–Crippen MR) is 76.3 cm³/mol. The van der Waals surface area contributed by atoms with Gasteiger partial charge in [-0.05, 0) is 65.5 Å². The highest BCUT2D eigenvalue weighted by Crippen LogP contribution is 2.46. The number of pyridine rings is 1. The van der Waals surface area contributed by atoms with E-state index in [0.29, 0.717) is 12.0 Å². The molecule has 4 rings (SSSR count). The van der Waals surface area contributed by atoms with Gasteiger partial charge in [0.05, 0.1) is 4.47 Å². The lowest BCUT2D eigenvalue weighted by atomic mass is 10.4. The van der Waals surface area contributed by atoms with Gasteiger partial charge in [-0.2, -0.15) is 0 Å². The molecule has 0 amide bonds. The number of rotatable bonds is 4. The van der Waals surface area contributed by atoms with Gasteiger partial charge in [-0.25, -0.2) is 4.98 Å². The summed E-state index contributed by atoms with van der Waals surface area (Å²) in [7, 11) is 0. The molecular formula is C13H13BrN4S. The molecule has 0 radical (unpaired) electrons. The van der Waals surface area contributed by atoms with Crippen LogP contribution in [0.3, 0.4) is 0 Å². The summed E-state index contributed by atoms with van der Waals surface area (Å²) in [5, 5.41) is 10.8. The Morgan fingerprint density at radius 1 is 1.21 bits per heavy atom. The minimum Gasteiger partial charge on any atom is -0.302 e. The van der Waals surface area contributed by atoms with Crippen LogP contribution < -0.4 is 0 Å². The second-order valence-electron chi connectivity index (χ2n) is 5.11. The normalized spacial score (nSPS) is 18.8. The molecule has 2 aliphatic rings. The van der Waals surface area contributed by atoms with E-state index in [-0.39, 0.29) is 0 Å². The quantitative estimate of drug-likeness (QED) is 0.851. The topological polar surface area (TPSA) is 43.6 Å². The van der Waals surface area contributed by atoms with Crippen LogP contribution in [0.5, 0.6) is 0 Å². The Kier molecular flexibility index (Phi) is 2.88. The fraction of sp³-hybridized carbons (Fsp3) is 0.462. The molecular weight excluding hydrogens is 324 g/mol. The van der Waals surface area contributed by atoms with Crippen molar-refractivity contribution in [1.82, 2.24) is 19.7 Å². The third-order valence-corrected chi connectivity index (χ3v) is 5.34. The van der Waals surface area contributed by atoms with Gasteiger partial charge in [0.15, 0.2) is 5.16 Å². The summed E-state index contributed by atoms with van der Waals surface area (Å²) >= 11 is 5.14. The Morgan fingerprint density at radius 2 is 2.05 bits per heavy atom. The Labute approximate surface area is 124 Å². The molecule has 0 aliphatic heterocycles. The van der Waals surface area contributed by atoms with Crippen molar-refractivity contribution < 1.29 is 0 Å². The van der Waals surface area contributed by atoms with Crippen molar-refractivity contribution in [3.63, 3.8) is 0 Å². The van der Waals surface area contributed by atoms with Crippen molar-refractivity contribution in [2.24, 2.45) is 0 Å². The van der Waals surface area contributed by atoms with Crippen LogP contribution in [0.15, 0.2) is 33.0 Å². The van der Waals surface area contributed by atoms with E-state index < -0.39 is 0 Å². The molecule has 2 aromatic rings. The number of halogens is 1. The van der Waals surface area contributed by atoms with Gasteiger partial charge in [0.25, 0.3) is 0 Å². The Morgan fingerprint density at radius 3 is 2.74 bits per heavy atom. The van der Waals surface area contributed by atoms with E-state index >= 15 is 0 Å². The average Bonchev–Trinajstić information content (AvgIpc) is 3.32. The van der Waals surface area contributed by atoms with E-state index in [1.807, 2.05) is 18.3 Å². The third kappa shape index (κ3) is 2.31. The smallest absolute Gasteiger partial charge is 0.197 e. The maximum absolute atomic E-state index is 4.41. The molecule has 2 aliphatic carbocycles. The Bertz CT molecular complexity index is 619. The third-order valence-electron chi connectivity index (χ3n) is 3.46. The summed E-state index contributed by atoms with van der Waals surface area (Å²) in [6.07, 6.45) is 6.86. The lowest BCUT2D eigenvalue weighted by Crippen LogP contribution is -2.01.